The van der Waals surface area contributed by atoms with Crippen LogP contribution in [0.3, 0.4) is 0 Å². The van der Waals surface area contributed by atoms with Crippen molar-refractivity contribution in [1.82, 2.24) is 20.6 Å². The molecule has 0 radical (unpaired) electrons. The number of aromatic amines is 1. The first-order valence-corrected chi connectivity index (χ1v) is 3.76. The molecule has 0 saturated heterocycles. The van der Waals surface area contributed by atoms with E-state index in [0.717, 1.165) is 0 Å². The van der Waals surface area contributed by atoms with E-state index in [1.54, 1.807) is 12.1 Å². The molecular formula is C7H5N5O2. The van der Waals surface area contributed by atoms with Gasteiger partial charge in [0.25, 0.3) is 5.69 Å². The Morgan fingerprint density at radius 2 is 2.00 bits per heavy atom. The number of hydrogen-bond donors (Lipinski definition) is 1. The van der Waals surface area contributed by atoms with Gasteiger partial charge in [0.1, 0.15) is 0 Å². The van der Waals surface area contributed by atoms with Crippen LogP contribution in [0.15, 0.2) is 24.3 Å². The second kappa shape index (κ2) is 3.21. The zero-order chi connectivity index (χ0) is 9.97. The minimum atomic E-state index is -0.456. The SMILES string of the molecule is O=[N+]([O-])c1ccc(-c2nnn[nH]2)cc1. The molecule has 70 valence electrons. The van der Waals surface area contributed by atoms with E-state index in [0.29, 0.717) is 11.4 Å². The van der Waals surface area contributed by atoms with Crippen molar-refractivity contribution in [3.63, 3.8) is 0 Å². The predicted octanol–water partition coefficient (Wildman–Crippen LogP) is 0.775. The molecule has 0 saturated carbocycles. The van der Waals surface area contributed by atoms with Crippen molar-refractivity contribution < 1.29 is 4.92 Å². The number of tetrazole rings is 1. The van der Waals surface area contributed by atoms with E-state index in [9.17, 15) is 10.1 Å². The van der Waals surface area contributed by atoms with Crippen molar-refractivity contribution in [3.05, 3.63) is 34.4 Å². The first kappa shape index (κ1) is 8.30. The van der Waals surface area contributed by atoms with Crippen LogP contribution in [0.5, 0.6) is 0 Å². The molecular weight excluding hydrogens is 186 g/mol. The summed E-state index contributed by atoms with van der Waals surface area (Å²) in [4.78, 5) is 9.90. The number of nitro benzene ring substituents is 1. The summed E-state index contributed by atoms with van der Waals surface area (Å²) in [7, 11) is 0. The quantitative estimate of drug-likeness (QED) is 0.558. The Labute approximate surface area is 77.9 Å². The van der Waals surface area contributed by atoms with Crippen molar-refractivity contribution in [2.45, 2.75) is 0 Å². The van der Waals surface area contributed by atoms with E-state index in [1.807, 2.05) is 0 Å². The monoisotopic (exact) mass is 191 g/mol. The van der Waals surface area contributed by atoms with Gasteiger partial charge in [-0.15, -0.1) is 5.10 Å². The van der Waals surface area contributed by atoms with E-state index >= 15 is 0 Å². The van der Waals surface area contributed by atoms with E-state index in [1.165, 1.54) is 12.1 Å². The molecule has 0 aliphatic heterocycles. The highest BCUT2D eigenvalue weighted by atomic mass is 16.6. The molecule has 1 heterocycles. The van der Waals surface area contributed by atoms with Crippen LogP contribution < -0.4 is 0 Å². The summed E-state index contributed by atoms with van der Waals surface area (Å²) < 4.78 is 0. The minimum Gasteiger partial charge on any atom is -0.258 e. The molecule has 1 aromatic heterocycles. The summed E-state index contributed by atoms with van der Waals surface area (Å²) in [6.07, 6.45) is 0. The molecule has 2 rings (SSSR count). The molecule has 0 amide bonds. The second-order valence-corrected chi connectivity index (χ2v) is 2.55. The van der Waals surface area contributed by atoms with Gasteiger partial charge in [0.2, 0.25) is 0 Å². The Hall–Kier alpha value is -2.31. The zero-order valence-corrected chi connectivity index (χ0v) is 6.91. The fraction of sp³-hybridized carbons (Fsp3) is 0. The van der Waals surface area contributed by atoms with Crippen molar-refractivity contribution in [1.29, 1.82) is 0 Å². The van der Waals surface area contributed by atoms with Gasteiger partial charge in [-0.05, 0) is 22.6 Å². The van der Waals surface area contributed by atoms with Crippen molar-refractivity contribution >= 4 is 5.69 Å². The number of nitrogens with one attached hydrogen (secondary N) is 1. The number of H-pyrrole nitrogens is 1. The van der Waals surface area contributed by atoms with Crippen molar-refractivity contribution in [2.24, 2.45) is 0 Å². The van der Waals surface area contributed by atoms with Crippen LogP contribution in [-0.2, 0) is 0 Å². The summed E-state index contributed by atoms with van der Waals surface area (Å²) >= 11 is 0. The molecule has 1 N–H and O–H groups in total. The molecule has 0 unspecified atom stereocenters. The molecule has 2 aromatic rings. The van der Waals surface area contributed by atoms with E-state index < -0.39 is 4.92 Å². The van der Waals surface area contributed by atoms with Gasteiger partial charge in [-0.2, -0.15) is 0 Å². The Balaban J connectivity index is 2.36. The first-order chi connectivity index (χ1) is 6.77. The fourth-order valence-corrected chi connectivity index (χ4v) is 1.02. The highest BCUT2D eigenvalue weighted by Crippen LogP contribution is 2.17. The smallest absolute Gasteiger partial charge is 0.258 e. The lowest BCUT2D eigenvalue weighted by atomic mass is 10.2. The Morgan fingerprint density at radius 1 is 1.29 bits per heavy atom. The van der Waals surface area contributed by atoms with Crippen LogP contribution in [0.1, 0.15) is 0 Å². The summed E-state index contributed by atoms with van der Waals surface area (Å²) in [5, 5.41) is 23.4. The summed E-state index contributed by atoms with van der Waals surface area (Å²) in [6, 6.07) is 5.97. The third kappa shape index (κ3) is 1.42. The van der Waals surface area contributed by atoms with E-state index in [-0.39, 0.29) is 5.69 Å². The number of benzene rings is 1. The maximum absolute atomic E-state index is 10.4. The molecule has 0 fully saturated rings. The molecule has 0 aliphatic carbocycles. The van der Waals surface area contributed by atoms with Gasteiger partial charge in [-0.1, -0.05) is 0 Å². The predicted molar refractivity (Wildman–Crippen MR) is 46.3 cm³/mol. The van der Waals surface area contributed by atoms with Crippen LogP contribution in [0, 0.1) is 10.1 Å². The first-order valence-electron chi connectivity index (χ1n) is 3.76. The van der Waals surface area contributed by atoms with Gasteiger partial charge in [0.15, 0.2) is 5.82 Å². The lowest BCUT2D eigenvalue weighted by molar-refractivity contribution is -0.384. The van der Waals surface area contributed by atoms with Gasteiger partial charge in [-0.3, -0.25) is 10.1 Å². The minimum absolute atomic E-state index is 0.0428. The van der Waals surface area contributed by atoms with Crippen molar-refractivity contribution in [3.8, 4) is 11.4 Å². The largest absolute Gasteiger partial charge is 0.269 e. The molecule has 7 nitrogen and oxygen atoms in total. The Kier molecular flexibility index (Phi) is 1.90. The molecule has 1 aromatic carbocycles. The number of non-ortho nitro benzene ring substituents is 1. The third-order valence-electron chi connectivity index (χ3n) is 1.70. The number of nitro groups is 1. The second-order valence-electron chi connectivity index (χ2n) is 2.55. The Morgan fingerprint density at radius 3 is 2.50 bits per heavy atom. The summed E-state index contributed by atoms with van der Waals surface area (Å²) in [5.74, 6) is 0.486. The molecule has 0 aliphatic rings. The van der Waals surface area contributed by atoms with Crippen LogP contribution in [0.25, 0.3) is 11.4 Å². The lowest BCUT2D eigenvalue weighted by Crippen LogP contribution is -1.87. The maximum atomic E-state index is 10.4. The summed E-state index contributed by atoms with van der Waals surface area (Å²) in [5.41, 5.74) is 0.752. The van der Waals surface area contributed by atoms with Gasteiger partial charge >= 0.3 is 0 Å². The van der Waals surface area contributed by atoms with Gasteiger partial charge in [-0.25, -0.2) is 5.10 Å². The standard InChI is InChI=1S/C7H5N5O2/c13-12(14)6-3-1-5(2-4-6)7-8-10-11-9-7/h1-4H,(H,8,9,10,11). The maximum Gasteiger partial charge on any atom is 0.269 e. The molecule has 7 heteroatoms. The van der Waals surface area contributed by atoms with Gasteiger partial charge in [0.05, 0.1) is 4.92 Å². The number of nitrogens with zero attached hydrogens (tertiary/aromatic N) is 4. The average molecular weight is 191 g/mol. The highest BCUT2D eigenvalue weighted by molar-refractivity contribution is 5.56. The number of rotatable bonds is 2. The van der Waals surface area contributed by atoms with Gasteiger partial charge in [0, 0.05) is 17.7 Å². The normalized spacial score (nSPS) is 10.0. The third-order valence-corrected chi connectivity index (χ3v) is 1.70. The van der Waals surface area contributed by atoms with E-state index in [4.69, 9.17) is 0 Å². The molecule has 0 bridgehead atoms. The van der Waals surface area contributed by atoms with Crippen LogP contribution in [0.2, 0.25) is 0 Å². The van der Waals surface area contributed by atoms with Crippen LogP contribution in [-0.4, -0.2) is 25.5 Å². The Bertz CT molecular complexity index is 436. The van der Waals surface area contributed by atoms with E-state index in [2.05, 4.69) is 20.6 Å². The summed E-state index contributed by atoms with van der Waals surface area (Å²) in [6.45, 7) is 0. The van der Waals surface area contributed by atoms with Crippen molar-refractivity contribution in [2.75, 3.05) is 0 Å². The topological polar surface area (TPSA) is 97.6 Å². The average Bonchev–Trinajstić information content (AvgIpc) is 2.71. The van der Waals surface area contributed by atoms with Crippen LogP contribution >= 0.6 is 0 Å². The lowest BCUT2D eigenvalue weighted by Gasteiger charge is -1.93. The molecule has 14 heavy (non-hydrogen) atoms. The molecule has 0 spiro atoms. The fourth-order valence-electron chi connectivity index (χ4n) is 1.02. The zero-order valence-electron chi connectivity index (χ0n) is 6.91. The number of aromatic nitrogens is 4. The highest BCUT2D eigenvalue weighted by Gasteiger charge is 2.06. The van der Waals surface area contributed by atoms with Gasteiger partial charge < -0.3 is 0 Å². The van der Waals surface area contributed by atoms with Crippen LogP contribution in [0.4, 0.5) is 5.69 Å². The molecule has 0 atom stereocenters. The number of hydrogen-bond acceptors (Lipinski definition) is 5.